The molecule has 2 N–H and O–H groups in total. The average Bonchev–Trinajstić information content (AvgIpc) is 2.89. The van der Waals surface area contributed by atoms with Gasteiger partial charge in [0.15, 0.2) is 0 Å². The van der Waals surface area contributed by atoms with Crippen LogP contribution in [0.1, 0.15) is 36.3 Å². The highest BCUT2D eigenvalue weighted by molar-refractivity contribution is 5.95. The molecule has 0 radical (unpaired) electrons. The number of carbonyl (C=O) groups is 1. The van der Waals surface area contributed by atoms with E-state index in [1.807, 2.05) is 51.1 Å². The van der Waals surface area contributed by atoms with Crippen LogP contribution in [0.25, 0.3) is 5.69 Å². The molecule has 0 saturated carbocycles. The van der Waals surface area contributed by atoms with Crippen molar-refractivity contribution in [1.82, 2.24) is 15.1 Å². The van der Waals surface area contributed by atoms with Crippen LogP contribution in [-0.4, -0.2) is 33.4 Å². The number of benzene rings is 1. The minimum atomic E-state index is -0.395. The van der Waals surface area contributed by atoms with Gasteiger partial charge in [-0.2, -0.15) is 5.10 Å². The Morgan fingerprint density at radius 2 is 2.00 bits per heavy atom. The highest BCUT2D eigenvalue weighted by Gasteiger charge is 2.15. The zero-order chi connectivity index (χ0) is 16.1. The fourth-order valence-electron chi connectivity index (χ4n) is 2.22. The number of amides is 1. The van der Waals surface area contributed by atoms with Crippen molar-refractivity contribution < 1.29 is 9.90 Å². The molecule has 2 rings (SSSR count). The number of aliphatic hydroxyl groups excluding tert-OH is 1. The van der Waals surface area contributed by atoms with E-state index in [0.717, 1.165) is 11.4 Å². The van der Waals surface area contributed by atoms with E-state index in [0.29, 0.717) is 18.5 Å². The SMILES string of the molecule is Cc1c(C(=O)NCCC(O)C(C)C)cnn1-c1ccccc1. The van der Waals surface area contributed by atoms with Gasteiger partial charge in [0, 0.05) is 6.54 Å². The topological polar surface area (TPSA) is 67.2 Å². The van der Waals surface area contributed by atoms with E-state index in [-0.39, 0.29) is 11.8 Å². The van der Waals surface area contributed by atoms with Crippen LogP contribution in [0.15, 0.2) is 36.5 Å². The summed E-state index contributed by atoms with van der Waals surface area (Å²) in [5.74, 6) is 0.0371. The van der Waals surface area contributed by atoms with Crippen LogP contribution in [0, 0.1) is 12.8 Å². The van der Waals surface area contributed by atoms with Crippen molar-refractivity contribution in [3.8, 4) is 5.69 Å². The molecule has 1 atom stereocenters. The first-order valence-electron chi connectivity index (χ1n) is 7.57. The Kier molecular flexibility index (Phi) is 5.33. The number of carbonyl (C=O) groups excluding carboxylic acids is 1. The largest absolute Gasteiger partial charge is 0.393 e. The molecule has 0 aliphatic carbocycles. The number of rotatable bonds is 6. The molecule has 5 nitrogen and oxygen atoms in total. The van der Waals surface area contributed by atoms with Crippen LogP contribution in [-0.2, 0) is 0 Å². The van der Waals surface area contributed by atoms with Gasteiger partial charge < -0.3 is 10.4 Å². The van der Waals surface area contributed by atoms with Gasteiger partial charge in [-0.15, -0.1) is 0 Å². The van der Waals surface area contributed by atoms with Gasteiger partial charge in [-0.1, -0.05) is 32.0 Å². The summed E-state index contributed by atoms with van der Waals surface area (Å²) in [7, 11) is 0. The number of hydrogen-bond acceptors (Lipinski definition) is 3. The number of para-hydroxylation sites is 1. The molecule has 0 aliphatic heterocycles. The predicted molar refractivity (Wildman–Crippen MR) is 86.1 cm³/mol. The summed E-state index contributed by atoms with van der Waals surface area (Å²) in [6, 6.07) is 9.70. The van der Waals surface area contributed by atoms with Gasteiger partial charge in [0.05, 0.1) is 29.2 Å². The van der Waals surface area contributed by atoms with E-state index in [2.05, 4.69) is 10.4 Å². The smallest absolute Gasteiger partial charge is 0.254 e. The lowest BCUT2D eigenvalue weighted by Gasteiger charge is -2.14. The van der Waals surface area contributed by atoms with Gasteiger partial charge in [0.1, 0.15) is 0 Å². The fraction of sp³-hybridized carbons (Fsp3) is 0.412. The van der Waals surface area contributed by atoms with E-state index in [1.165, 1.54) is 0 Å². The van der Waals surface area contributed by atoms with Crippen molar-refractivity contribution in [3.63, 3.8) is 0 Å². The third kappa shape index (κ3) is 3.74. The molecule has 0 spiro atoms. The second-order valence-corrected chi connectivity index (χ2v) is 5.75. The summed E-state index contributed by atoms with van der Waals surface area (Å²) in [5, 5.41) is 16.9. The van der Waals surface area contributed by atoms with Crippen molar-refractivity contribution in [2.75, 3.05) is 6.54 Å². The van der Waals surface area contributed by atoms with Crippen molar-refractivity contribution in [1.29, 1.82) is 0 Å². The molecular formula is C17H23N3O2. The molecule has 5 heteroatoms. The summed E-state index contributed by atoms with van der Waals surface area (Å²) in [5.41, 5.74) is 2.28. The van der Waals surface area contributed by atoms with Gasteiger partial charge in [0.2, 0.25) is 0 Å². The molecule has 0 saturated heterocycles. The Morgan fingerprint density at radius 1 is 1.32 bits per heavy atom. The molecule has 22 heavy (non-hydrogen) atoms. The lowest BCUT2D eigenvalue weighted by molar-refractivity contribution is 0.0919. The van der Waals surface area contributed by atoms with Crippen molar-refractivity contribution in [3.05, 3.63) is 47.8 Å². The first kappa shape index (κ1) is 16.2. The molecule has 1 aromatic heterocycles. The fourth-order valence-corrected chi connectivity index (χ4v) is 2.22. The maximum absolute atomic E-state index is 12.2. The number of hydrogen-bond donors (Lipinski definition) is 2. The van der Waals surface area contributed by atoms with Crippen molar-refractivity contribution in [2.24, 2.45) is 5.92 Å². The number of nitrogens with zero attached hydrogens (tertiary/aromatic N) is 2. The van der Waals surface area contributed by atoms with Crippen LogP contribution >= 0.6 is 0 Å². The zero-order valence-corrected chi connectivity index (χ0v) is 13.3. The summed E-state index contributed by atoms with van der Waals surface area (Å²) in [6.45, 7) is 6.24. The number of aliphatic hydroxyl groups is 1. The molecular weight excluding hydrogens is 278 g/mol. The summed E-state index contributed by atoms with van der Waals surface area (Å²) in [4.78, 5) is 12.2. The second kappa shape index (κ2) is 7.22. The van der Waals surface area contributed by atoms with Crippen molar-refractivity contribution >= 4 is 5.91 Å². The Morgan fingerprint density at radius 3 is 2.64 bits per heavy atom. The maximum Gasteiger partial charge on any atom is 0.254 e. The lowest BCUT2D eigenvalue weighted by Crippen LogP contribution is -2.29. The monoisotopic (exact) mass is 301 g/mol. The quantitative estimate of drug-likeness (QED) is 0.860. The zero-order valence-electron chi connectivity index (χ0n) is 13.3. The Balaban J connectivity index is 2.01. The first-order valence-corrected chi connectivity index (χ1v) is 7.57. The molecule has 1 unspecified atom stereocenters. The molecule has 1 aromatic carbocycles. The van der Waals surface area contributed by atoms with Gasteiger partial charge in [-0.05, 0) is 31.4 Å². The van der Waals surface area contributed by atoms with E-state index in [4.69, 9.17) is 0 Å². The third-order valence-corrected chi connectivity index (χ3v) is 3.75. The number of aromatic nitrogens is 2. The minimum absolute atomic E-state index is 0.157. The Bertz CT molecular complexity index is 620. The first-order chi connectivity index (χ1) is 10.5. The molecule has 0 aliphatic rings. The number of nitrogens with one attached hydrogen (secondary N) is 1. The van der Waals surface area contributed by atoms with Gasteiger partial charge in [-0.3, -0.25) is 4.79 Å². The third-order valence-electron chi connectivity index (χ3n) is 3.75. The van der Waals surface area contributed by atoms with Gasteiger partial charge in [0.25, 0.3) is 5.91 Å². The average molecular weight is 301 g/mol. The summed E-state index contributed by atoms with van der Waals surface area (Å²) in [6.07, 6.45) is 1.74. The second-order valence-electron chi connectivity index (χ2n) is 5.75. The molecule has 1 heterocycles. The Labute approximate surface area is 131 Å². The van der Waals surface area contributed by atoms with Crippen LogP contribution in [0.4, 0.5) is 0 Å². The summed E-state index contributed by atoms with van der Waals surface area (Å²) < 4.78 is 1.75. The summed E-state index contributed by atoms with van der Waals surface area (Å²) >= 11 is 0. The van der Waals surface area contributed by atoms with Crippen LogP contribution < -0.4 is 5.32 Å². The highest BCUT2D eigenvalue weighted by atomic mass is 16.3. The van der Waals surface area contributed by atoms with Crippen LogP contribution in [0.3, 0.4) is 0 Å². The van der Waals surface area contributed by atoms with E-state index < -0.39 is 6.10 Å². The molecule has 118 valence electrons. The molecule has 0 fully saturated rings. The minimum Gasteiger partial charge on any atom is -0.393 e. The van der Waals surface area contributed by atoms with Gasteiger partial charge >= 0.3 is 0 Å². The molecule has 1 amide bonds. The highest BCUT2D eigenvalue weighted by Crippen LogP contribution is 2.13. The molecule has 0 bridgehead atoms. The standard InChI is InChI=1S/C17H23N3O2/c1-12(2)16(21)9-10-18-17(22)15-11-19-20(13(15)3)14-7-5-4-6-8-14/h4-8,11-12,16,21H,9-10H2,1-3H3,(H,18,22). The van der Waals surface area contributed by atoms with Crippen LogP contribution in [0.2, 0.25) is 0 Å². The molecule has 2 aromatic rings. The Hall–Kier alpha value is -2.14. The maximum atomic E-state index is 12.2. The van der Waals surface area contributed by atoms with E-state index >= 15 is 0 Å². The van der Waals surface area contributed by atoms with Crippen LogP contribution in [0.5, 0.6) is 0 Å². The lowest BCUT2D eigenvalue weighted by atomic mass is 10.0. The van der Waals surface area contributed by atoms with Crippen molar-refractivity contribution in [2.45, 2.75) is 33.3 Å². The van der Waals surface area contributed by atoms with E-state index in [9.17, 15) is 9.90 Å². The van der Waals surface area contributed by atoms with E-state index in [1.54, 1.807) is 10.9 Å². The predicted octanol–water partition coefficient (Wildman–Crippen LogP) is 2.32. The normalized spacial score (nSPS) is 12.4. The van der Waals surface area contributed by atoms with Gasteiger partial charge in [-0.25, -0.2) is 4.68 Å².